The van der Waals surface area contributed by atoms with E-state index in [0.717, 1.165) is 22.3 Å². The van der Waals surface area contributed by atoms with Gasteiger partial charge in [0, 0.05) is 5.57 Å². The van der Waals surface area contributed by atoms with Crippen molar-refractivity contribution in [2.45, 2.75) is 6.92 Å². The highest BCUT2D eigenvalue weighted by atomic mass is 16.5. The van der Waals surface area contributed by atoms with Crippen molar-refractivity contribution >= 4 is 17.1 Å². The molecule has 0 fully saturated rings. The fourth-order valence-corrected chi connectivity index (χ4v) is 2.63. The molecule has 3 rings (SSSR count). The average molecular weight is 301 g/mol. The number of benzene rings is 2. The van der Waals surface area contributed by atoms with Crippen molar-refractivity contribution in [2.24, 2.45) is 0 Å². The largest absolute Gasteiger partial charge is 0.462 e. The summed E-state index contributed by atoms with van der Waals surface area (Å²) < 4.78 is 5.02. The third-order valence-electron chi connectivity index (χ3n) is 3.65. The molecule has 2 aromatic rings. The zero-order valence-electron chi connectivity index (χ0n) is 12.7. The number of carbonyl (C=O) groups is 1. The van der Waals surface area contributed by atoms with E-state index in [1.807, 2.05) is 66.7 Å². The zero-order chi connectivity index (χ0) is 16.2. The standard InChI is InChI=1S/C20H15NO2/c1-2-23-20(22)16(13-21)19-17(14-9-5-3-6-10-14)18(19)15-11-7-4-8-12-15/h3-12H,2H2,1H3. The topological polar surface area (TPSA) is 50.1 Å². The molecule has 0 saturated carbocycles. The fourth-order valence-electron chi connectivity index (χ4n) is 2.63. The lowest BCUT2D eigenvalue weighted by molar-refractivity contribution is -0.138. The highest BCUT2D eigenvalue weighted by Gasteiger charge is 2.37. The van der Waals surface area contributed by atoms with Crippen molar-refractivity contribution in [3.8, 4) is 6.07 Å². The number of hydrogen-bond acceptors (Lipinski definition) is 3. The van der Waals surface area contributed by atoms with Crippen LogP contribution in [0.3, 0.4) is 0 Å². The van der Waals surface area contributed by atoms with E-state index < -0.39 is 5.97 Å². The van der Waals surface area contributed by atoms with Gasteiger partial charge in [0.25, 0.3) is 0 Å². The normalized spacial score (nSPS) is 12.6. The SMILES string of the molecule is CCOC(=O)C(C#N)=C1C(c2ccccc2)=C1c1ccccc1. The van der Waals surface area contributed by atoms with Gasteiger partial charge in [-0.3, -0.25) is 0 Å². The second-order valence-electron chi connectivity index (χ2n) is 5.06. The van der Waals surface area contributed by atoms with E-state index in [4.69, 9.17) is 4.74 Å². The van der Waals surface area contributed by atoms with Crippen LogP contribution in [0.25, 0.3) is 11.1 Å². The molecular formula is C20H15NO2. The Morgan fingerprint density at radius 2 is 1.43 bits per heavy atom. The number of ether oxygens (including phenoxy) is 1. The predicted octanol–water partition coefficient (Wildman–Crippen LogP) is 3.99. The first-order valence-electron chi connectivity index (χ1n) is 7.45. The highest BCUT2D eigenvalue weighted by Crippen LogP contribution is 2.54. The van der Waals surface area contributed by atoms with E-state index >= 15 is 0 Å². The molecule has 3 heteroatoms. The van der Waals surface area contributed by atoms with E-state index in [-0.39, 0.29) is 12.2 Å². The minimum Gasteiger partial charge on any atom is -0.462 e. The third kappa shape index (κ3) is 2.79. The van der Waals surface area contributed by atoms with Crippen LogP contribution in [0.15, 0.2) is 71.8 Å². The van der Waals surface area contributed by atoms with E-state index in [9.17, 15) is 10.1 Å². The molecule has 23 heavy (non-hydrogen) atoms. The summed E-state index contributed by atoms with van der Waals surface area (Å²) in [5, 5.41) is 9.43. The van der Waals surface area contributed by atoms with Crippen molar-refractivity contribution in [1.29, 1.82) is 5.26 Å². The van der Waals surface area contributed by atoms with Gasteiger partial charge in [0.2, 0.25) is 0 Å². The van der Waals surface area contributed by atoms with Gasteiger partial charge in [0.15, 0.2) is 0 Å². The second-order valence-corrected chi connectivity index (χ2v) is 5.06. The summed E-state index contributed by atoms with van der Waals surface area (Å²) in [6.07, 6.45) is 0. The molecule has 0 aliphatic heterocycles. The summed E-state index contributed by atoms with van der Waals surface area (Å²) in [5.41, 5.74) is 4.66. The molecule has 0 saturated heterocycles. The molecule has 0 N–H and O–H groups in total. The Hall–Kier alpha value is -3.12. The summed E-state index contributed by atoms with van der Waals surface area (Å²) in [7, 11) is 0. The molecular weight excluding hydrogens is 286 g/mol. The summed E-state index contributed by atoms with van der Waals surface area (Å²) in [4.78, 5) is 12.1. The molecule has 112 valence electrons. The minimum atomic E-state index is -0.565. The monoisotopic (exact) mass is 301 g/mol. The van der Waals surface area contributed by atoms with Crippen molar-refractivity contribution in [1.82, 2.24) is 0 Å². The molecule has 0 bridgehead atoms. The van der Waals surface area contributed by atoms with Crippen molar-refractivity contribution in [2.75, 3.05) is 6.61 Å². The van der Waals surface area contributed by atoms with E-state index in [0.29, 0.717) is 5.57 Å². The fraction of sp³-hybridized carbons (Fsp3) is 0.100. The molecule has 0 spiro atoms. The average Bonchev–Trinajstić information content (AvgIpc) is 3.32. The predicted molar refractivity (Wildman–Crippen MR) is 89.0 cm³/mol. The molecule has 0 atom stereocenters. The maximum Gasteiger partial charge on any atom is 0.349 e. The van der Waals surface area contributed by atoms with Crippen LogP contribution in [-0.4, -0.2) is 12.6 Å². The lowest BCUT2D eigenvalue weighted by Crippen LogP contribution is -2.06. The van der Waals surface area contributed by atoms with Gasteiger partial charge < -0.3 is 4.74 Å². The number of rotatable bonds is 4. The number of nitriles is 1. The molecule has 0 heterocycles. The Bertz CT molecular complexity index is 789. The van der Waals surface area contributed by atoms with Gasteiger partial charge >= 0.3 is 5.97 Å². The maximum atomic E-state index is 12.1. The molecule has 0 radical (unpaired) electrons. The summed E-state index contributed by atoms with van der Waals surface area (Å²) >= 11 is 0. The Balaban J connectivity index is 2.12. The highest BCUT2D eigenvalue weighted by molar-refractivity contribution is 6.29. The second kappa shape index (κ2) is 6.33. The number of allylic oxidation sites excluding steroid dienone is 3. The van der Waals surface area contributed by atoms with Gasteiger partial charge in [0.05, 0.1) is 6.61 Å². The summed E-state index contributed by atoms with van der Waals surface area (Å²) in [6.45, 7) is 1.98. The molecule has 1 aliphatic carbocycles. The Kier molecular flexibility index (Phi) is 4.07. The number of nitrogens with zero attached hydrogens (tertiary/aromatic N) is 1. The molecule has 0 amide bonds. The molecule has 0 aromatic heterocycles. The summed E-state index contributed by atoms with van der Waals surface area (Å²) in [5.74, 6) is -0.565. The van der Waals surface area contributed by atoms with Crippen LogP contribution in [0.2, 0.25) is 0 Å². The summed E-state index contributed by atoms with van der Waals surface area (Å²) in [6, 6.07) is 21.6. The first kappa shape index (κ1) is 14.8. The number of hydrogen-bond donors (Lipinski definition) is 0. The number of esters is 1. The Labute approximate surface area is 135 Å². The van der Waals surface area contributed by atoms with E-state index in [1.165, 1.54) is 0 Å². The number of carbonyl (C=O) groups excluding carboxylic acids is 1. The lowest BCUT2D eigenvalue weighted by Gasteiger charge is -2.00. The third-order valence-corrected chi connectivity index (χ3v) is 3.65. The molecule has 1 aliphatic rings. The molecule has 0 unspecified atom stereocenters. The van der Waals surface area contributed by atoms with Gasteiger partial charge in [-0.05, 0) is 29.2 Å². The maximum absolute atomic E-state index is 12.1. The Morgan fingerprint density at radius 3 is 1.83 bits per heavy atom. The van der Waals surface area contributed by atoms with Crippen LogP contribution in [0.4, 0.5) is 0 Å². The first-order chi connectivity index (χ1) is 11.3. The van der Waals surface area contributed by atoms with Gasteiger partial charge in [-0.15, -0.1) is 0 Å². The van der Waals surface area contributed by atoms with Crippen LogP contribution in [-0.2, 0) is 9.53 Å². The zero-order valence-corrected chi connectivity index (χ0v) is 12.7. The van der Waals surface area contributed by atoms with Crippen LogP contribution in [0.1, 0.15) is 18.1 Å². The van der Waals surface area contributed by atoms with E-state index in [2.05, 4.69) is 0 Å². The lowest BCUT2D eigenvalue weighted by atomic mass is 10.1. The van der Waals surface area contributed by atoms with Gasteiger partial charge in [-0.2, -0.15) is 5.26 Å². The molecule has 2 aromatic carbocycles. The van der Waals surface area contributed by atoms with Crippen molar-refractivity contribution in [3.05, 3.63) is 82.9 Å². The first-order valence-corrected chi connectivity index (χ1v) is 7.45. The van der Waals surface area contributed by atoms with Crippen LogP contribution < -0.4 is 0 Å². The van der Waals surface area contributed by atoms with Gasteiger partial charge in [0.1, 0.15) is 11.6 Å². The van der Waals surface area contributed by atoms with E-state index in [1.54, 1.807) is 6.92 Å². The minimum absolute atomic E-state index is 0.0737. The van der Waals surface area contributed by atoms with Gasteiger partial charge in [-0.1, -0.05) is 60.7 Å². The van der Waals surface area contributed by atoms with Crippen molar-refractivity contribution < 1.29 is 9.53 Å². The van der Waals surface area contributed by atoms with Crippen molar-refractivity contribution in [3.63, 3.8) is 0 Å². The van der Waals surface area contributed by atoms with Gasteiger partial charge in [-0.25, -0.2) is 4.79 Å². The Morgan fingerprint density at radius 1 is 0.957 bits per heavy atom. The quantitative estimate of drug-likeness (QED) is 0.487. The smallest absolute Gasteiger partial charge is 0.349 e. The van der Waals surface area contributed by atoms with Crippen LogP contribution in [0.5, 0.6) is 0 Å². The molecule has 3 nitrogen and oxygen atoms in total. The van der Waals surface area contributed by atoms with Crippen LogP contribution >= 0.6 is 0 Å². The van der Waals surface area contributed by atoms with Crippen LogP contribution in [0, 0.1) is 11.3 Å².